The Balaban J connectivity index is 1.58. The van der Waals surface area contributed by atoms with Gasteiger partial charge in [-0.2, -0.15) is 9.90 Å². The van der Waals surface area contributed by atoms with Crippen molar-refractivity contribution in [2.24, 2.45) is 7.05 Å². The van der Waals surface area contributed by atoms with Crippen molar-refractivity contribution in [2.75, 3.05) is 0 Å². The molecule has 8 nitrogen and oxygen atoms in total. The molecule has 0 unspecified atom stereocenters. The quantitative estimate of drug-likeness (QED) is 0.749. The van der Waals surface area contributed by atoms with Crippen LogP contribution in [0.25, 0.3) is 11.4 Å². The first-order valence-corrected chi connectivity index (χ1v) is 7.21. The molecule has 0 aliphatic heterocycles. The number of carbonyl (C=O) groups is 1. The number of nitrogens with zero attached hydrogens (tertiary/aromatic N) is 6. The van der Waals surface area contributed by atoms with Crippen molar-refractivity contribution in [3.8, 4) is 11.4 Å². The van der Waals surface area contributed by atoms with E-state index in [0.29, 0.717) is 12.4 Å². The second-order valence-corrected chi connectivity index (χ2v) is 5.20. The minimum Gasteiger partial charge on any atom is -0.350 e. The van der Waals surface area contributed by atoms with Gasteiger partial charge in [-0.05, 0) is 12.1 Å². The van der Waals surface area contributed by atoms with Crippen molar-refractivity contribution in [1.82, 2.24) is 35.3 Å². The summed E-state index contributed by atoms with van der Waals surface area (Å²) in [6.07, 6.45) is 1.89. The Bertz CT molecular complexity index is 806. The Morgan fingerprint density at radius 3 is 2.70 bits per heavy atom. The molecule has 23 heavy (non-hydrogen) atoms. The van der Waals surface area contributed by atoms with Crippen LogP contribution in [0.5, 0.6) is 0 Å². The Hall–Kier alpha value is -3.03. The predicted molar refractivity (Wildman–Crippen MR) is 83.0 cm³/mol. The smallest absolute Gasteiger partial charge is 0.243 e. The van der Waals surface area contributed by atoms with Gasteiger partial charge in [0.25, 0.3) is 0 Å². The normalized spacial score (nSPS) is 10.7. The molecule has 2 heterocycles. The van der Waals surface area contributed by atoms with Gasteiger partial charge >= 0.3 is 0 Å². The fourth-order valence-corrected chi connectivity index (χ4v) is 2.21. The van der Waals surface area contributed by atoms with E-state index in [2.05, 4.69) is 25.8 Å². The number of hydrogen-bond acceptors (Lipinski definition) is 5. The third kappa shape index (κ3) is 3.60. The van der Waals surface area contributed by atoms with Crippen molar-refractivity contribution in [1.29, 1.82) is 0 Å². The fourth-order valence-electron chi connectivity index (χ4n) is 2.21. The Kier molecular flexibility index (Phi) is 4.13. The van der Waals surface area contributed by atoms with Crippen molar-refractivity contribution in [3.63, 3.8) is 0 Å². The summed E-state index contributed by atoms with van der Waals surface area (Å²) in [5.74, 6) is 0.326. The van der Waals surface area contributed by atoms with Gasteiger partial charge in [0.15, 0.2) is 0 Å². The zero-order valence-electron chi connectivity index (χ0n) is 13.0. The Morgan fingerprint density at radius 1 is 1.22 bits per heavy atom. The lowest BCUT2D eigenvalue weighted by Gasteiger charge is -2.03. The highest BCUT2D eigenvalue weighted by atomic mass is 16.2. The molecule has 0 fully saturated rings. The van der Waals surface area contributed by atoms with Crippen LogP contribution >= 0.6 is 0 Å². The van der Waals surface area contributed by atoms with Crippen LogP contribution in [0.15, 0.2) is 36.5 Å². The SMILES string of the molecule is Cc1nn(C)cc1CNC(=O)Cn1nnc(-c2ccccc2)n1. The molecule has 1 N–H and O–H groups in total. The molecule has 3 rings (SSSR count). The minimum atomic E-state index is -0.176. The number of tetrazole rings is 1. The predicted octanol–water partition coefficient (Wildman–Crippen LogP) is 0.698. The van der Waals surface area contributed by atoms with Crippen LogP contribution in [0.1, 0.15) is 11.3 Å². The average Bonchev–Trinajstić information content (AvgIpc) is 3.12. The summed E-state index contributed by atoms with van der Waals surface area (Å²) < 4.78 is 1.72. The maximum Gasteiger partial charge on any atom is 0.243 e. The van der Waals surface area contributed by atoms with Crippen LogP contribution in [-0.4, -0.2) is 35.9 Å². The zero-order valence-corrected chi connectivity index (χ0v) is 13.0. The van der Waals surface area contributed by atoms with E-state index in [0.717, 1.165) is 16.8 Å². The van der Waals surface area contributed by atoms with Crippen molar-refractivity contribution >= 4 is 5.91 Å². The van der Waals surface area contributed by atoms with Crippen molar-refractivity contribution < 1.29 is 4.79 Å². The van der Waals surface area contributed by atoms with Crippen molar-refractivity contribution in [3.05, 3.63) is 47.8 Å². The number of carbonyl (C=O) groups excluding carboxylic acids is 1. The largest absolute Gasteiger partial charge is 0.350 e. The van der Waals surface area contributed by atoms with E-state index in [-0.39, 0.29) is 12.5 Å². The second kappa shape index (κ2) is 6.39. The summed E-state index contributed by atoms with van der Waals surface area (Å²) in [4.78, 5) is 13.3. The number of hydrogen-bond donors (Lipinski definition) is 1. The molecular weight excluding hydrogens is 294 g/mol. The zero-order chi connectivity index (χ0) is 16.2. The number of amides is 1. The molecule has 118 valence electrons. The molecule has 0 aliphatic rings. The van der Waals surface area contributed by atoms with Gasteiger partial charge in [0.05, 0.1) is 5.69 Å². The van der Waals surface area contributed by atoms with Crippen LogP contribution < -0.4 is 5.32 Å². The van der Waals surface area contributed by atoms with Gasteiger partial charge in [0.1, 0.15) is 6.54 Å². The van der Waals surface area contributed by atoms with Crippen LogP contribution in [0.3, 0.4) is 0 Å². The number of rotatable bonds is 5. The highest BCUT2D eigenvalue weighted by molar-refractivity contribution is 5.75. The molecule has 0 saturated carbocycles. The van der Waals surface area contributed by atoms with Gasteiger partial charge in [0.2, 0.25) is 11.7 Å². The summed E-state index contributed by atoms with van der Waals surface area (Å²) in [6, 6.07) is 9.51. The summed E-state index contributed by atoms with van der Waals surface area (Å²) >= 11 is 0. The summed E-state index contributed by atoms with van der Waals surface area (Å²) in [6.45, 7) is 2.37. The van der Waals surface area contributed by atoms with Crippen molar-refractivity contribution in [2.45, 2.75) is 20.0 Å². The molecule has 0 aliphatic carbocycles. The Labute approximate surface area is 133 Å². The summed E-state index contributed by atoms with van der Waals surface area (Å²) in [7, 11) is 1.85. The average molecular weight is 311 g/mol. The first kappa shape index (κ1) is 14.9. The van der Waals surface area contributed by atoms with Crippen LogP contribution in [0.2, 0.25) is 0 Å². The maximum atomic E-state index is 12.0. The fraction of sp³-hybridized carbons (Fsp3) is 0.267. The van der Waals surface area contributed by atoms with E-state index in [1.807, 2.05) is 50.5 Å². The lowest BCUT2D eigenvalue weighted by molar-refractivity contribution is -0.122. The van der Waals surface area contributed by atoms with Gasteiger partial charge < -0.3 is 5.32 Å². The van der Waals surface area contributed by atoms with Gasteiger partial charge in [-0.1, -0.05) is 30.3 Å². The number of nitrogens with one attached hydrogen (secondary N) is 1. The number of aromatic nitrogens is 6. The molecule has 0 radical (unpaired) electrons. The van der Waals surface area contributed by atoms with E-state index in [4.69, 9.17) is 0 Å². The molecule has 1 aromatic carbocycles. The highest BCUT2D eigenvalue weighted by Crippen LogP contribution is 2.11. The summed E-state index contributed by atoms with van der Waals surface area (Å²) in [5, 5.41) is 19.2. The second-order valence-electron chi connectivity index (χ2n) is 5.20. The van der Waals surface area contributed by atoms with Gasteiger partial charge in [-0.25, -0.2) is 0 Å². The van der Waals surface area contributed by atoms with E-state index in [1.165, 1.54) is 4.80 Å². The third-order valence-electron chi connectivity index (χ3n) is 3.36. The molecule has 8 heteroatoms. The first-order valence-electron chi connectivity index (χ1n) is 7.21. The van der Waals surface area contributed by atoms with Crippen LogP contribution in [0.4, 0.5) is 0 Å². The van der Waals surface area contributed by atoms with E-state index in [9.17, 15) is 4.79 Å². The number of aryl methyl sites for hydroxylation is 2. The molecule has 1 amide bonds. The molecular formula is C15H17N7O. The van der Waals surface area contributed by atoms with Crippen LogP contribution in [0, 0.1) is 6.92 Å². The van der Waals surface area contributed by atoms with E-state index >= 15 is 0 Å². The Morgan fingerprint density at radius 2 is 2.00 bits per heavy atom. The maximum absolute atomic E-state index is 12.0. The third-order valence-corrected chi connectivity index (χ3v) is 3.36. The molecule has 3 aromatic rings. The lowest BCUT2D eigenvalue weighted by atomic mass is 10.2. The molecule has 2 aromatic heterocycles. The first-order chi connectivity index (χ1) is 11.1. The molecule has 0 saturated heterocycles. The molecule has 0 spiro atoms. The van der Waals surface area contributed by atoms with Gasteiger partial charge in [-0.15, -0.1) is 10.2 Å². The lowest BCUT2D eigenvalue weighted by Crippen LogP contribution is -2.28. The van der Waals surface area contributed by atoms with E-state index < -0.39 is 0 Å². The number of benzene rings is 1. The van der Waals surface area contributed by atoms with Gasteiger partial charge in [0, 0.05) is 30.9 Å². The summed E-state index contributed by atoms with van der Waals surface area (Å²) in [5.41, 5.74) is 2.75. The highest BCUT2D eigenvalue weighted by Gasteiger charge is 2.10. The van der Waals surface area contributed by atoms with E-state index in [1.54, 1.807) is 4.68 Å². The molecule has 0 bridgehead atoms. The topological polar surface area (TPSA) is 90.5 Å². The van der Waals surface area contributed by atoms with Crippen LogP contribution in [-0.2, 0) is 24.9 Å². The molecule has 0 atom stereocenters. The monoisotopic (exact) mass is 311 g/mol. The van der Waals surface area contributed by atoms with Gasteiger partial charge in [-0.3, -0.25) is 9.48 Å². The minimum absolute atomic E-state index is 0.0269. The standard InChI is InChI=1S/C15H17N7O/c1-11-13(9-21(2)18-11)8-16-14(23)10-22-19-15(17-20-22)12-6-4-3-5-7-12/h3-7,9H,8,10H2,1-2H3,(H,16,23).